The number of hydrogen-bond donors (Lipinski definition) is 3. The number of nitrogens with zero attached hydrogens (tertiary/aromatic N) is 2. The smallest absolute Gasteiger partial charge is 0.339 e. The van der Waals surface area contributed by atoms with Crippen LogP contribution >= 0.6 is 0 Å². The van der Waals surface area contributed by atoms with Gasteiger partial charge in [-0.15, -0.1) is 0 Å². The quantitative estimate of drug-likeness (QED) is 0.426. The average molecular weight is 416 g/mol. The second kappa shape index (κ2) is 10.4. The predicted octanol–water partition coefficient (Wildman–Crippen LogP) is 2.40. The van der Waals surface area contributed by atoms with E-state index in [4.69, 9.17) is 9.47 Å². The number of aliphatic hydroxyl groups excluding tert-OH is 1. The number of nitrogens with one attached hydrogen (secondary N) is 1. The molecule has 30 heavy (non-hydrogen) atoms. The zero-order valence-electron chi connectivity index (χ0n) is 17.3. The Kier molecular flexibility index (Phi) is 7.62. The van der Waals surface area contributed by atoms with Crippen molar-refractivity contribution < 1.29 is 24.5 Å². The van der Waals surface area contributed by atoms with Crippen LogP contribution < -0.4 is 14.8 Å². The molecule has 0 bridgehead atoms. The molecule has 0 saturated carbocycles. The second-order valence-electron chi connectivity index (χ2n) is 7.42. The van der Waals surface area contributed by atoms with Crippen LogP contribution in [-0.2, 0) is 4.74 Å². The molecule has 0 unspecified atom stereocenters. The Bertz CT molecular complexity index is 805. The SMILES string of the molecule is CCOC(=O)c1ccc([N+]2(NC[C@H](O)COc3ccc(O)cc3)CCCCC2)nc1. The maximum atomic E-state index is 11.9. The fourth-order valence-corrected chi connectivity index (χ4v) is 3.57. The third-order valence-corrected chi connectivity index (χ3v) is 5.19. The molecule has 0 radical (unpaired) electrons. The summed E-state index contributed by atoms with van der Waals surface area (Å²) >= 11 is 0. The van der Waals surface area contributed by atoms with Gasteiger partial charge in [-0.3, -0.25) is 0 Å². The lowest BCUT2D eigenvalue weighted by molar-refractivity contribution is 0.0525. The molecule has 3 rings (SSSR count). The first kappa shape index (κ1) is 22.0. The lowest BCUT2D eigenvalue weighted by Gasteiger charge is -2.39. The highest BCUT2D eigenvalue weighted by molar-refractivity contribution is 5.89. The highest BCUT2D eigenvalue weighted by Crippen LogP contribution is 2.25. The van der Waals surface area contributed by atoms with Crippen molar-refractivity contribution in [1.82, 2.24) is 15.0 Å². The fraction of sp³-hybridized carbons (Fsp3) is 0.455. The minimum absolute atomic E-state index is 0.132. The number of aromatic nitrogens is 1. The number of hydrogen-bond acceptors (Lipinski definition) is 7. The van der Waals surface area contributed by atoms with Gasteiger partial charge in [-0.05, 0) is 56.5 Å². The number of carbonyl (C=O) groups is 1. The zero-order chi connectivity index (χ0) is 21.4. The summed E-state index contributed by atoms with van der Waals surface area (Å²) in [4.78, 5) is 16.4. The van der Waals surface area contributed by atoms with Crippen molar-refractivity contribution >= 4 is 11.8 Å². The molecule has 2 aromatic rings. The first-order valence-electron chi connectivity index (χ1n) is 10.4. The molecule has 1 aliphatic heterocycles. The lowest BCUT2D eigenvalue weighted by atomic mass is 10.1. The summed E-state index contributed by atoms with van der Waals surface area (Å²) in [6, 6.07) is 9.98. The molecule has 1 aromatic carbocycles. The van der Waals surface area contributed by atoms with Crippen LogP contribution in [0.15, 0.2) is 42.6 Å². The maximum Gasteiger partial charge on any atom is 0.339 e. The third kappa shape index (κ3) is 5.69. The van der Waals surface area contributed by atoms with Gasteiger partial charge in [0.15, 0.2) is 0 Å². The minimum Gasteiger partial charge on any atom is -0.508 e. The van der Waals surface area contributed by atoms with E-state index in [1.807, 2.05) is 6.07 Å². The van der Waals surface area contributed by atoms with Crippen molar-refractivity contribution in [3.8, 4) is 11.5 Å². The van der Waals surface area contributed by atoms with E-state index in [2.05, 4.69) is 10.4 Å². The van der Waals surface area contributed by atoms with Gasteiger partial charge in [-0.25, -0.2) is 9.78 Å². The first-order valence-corrected chi connectivity index (χ1v) is 10.4. The Morgan fingerprint density at radius 1 is 1.17 bits per heavy atom. The van der Waals surface area contributed by atoms with E-state index in [9.17, 15) is 15.0 Å². The molecular weight excluding hydrogens is 386 g/mol. The van der Waals surface area contributed by atoms with Gasteiger partial charge in [-0.2, -0.15) is 10.0 Å². The van der Waals surface area contributed by atoms with Crippen molar-refractivity contribution in [2.45, 2.75) is 32.3 Å². The molecule has 2 heterocycles. The monoisotopic (exact) mass is 416 g/mol. The number of carbonyl (C=O) groups excluding carboxylic acids is 1. The van der Waals surface area contributed by atoms with Crippen molar-refractivity contribution in [3.63, 3.8) is 0 Å². The number of pyridine rings is 1. The van der Waals surface area contributed by atoms with E-state index in [-0.39, 0.29) is 18.3 Å². The number of aromatic hydroxyl groups is 1. The van der Waals surface area contributed by atoms with E-state index >= 15 is 0 Å². The number of piperidine rings is 1. The molecule has 0 spiro atoms. The standard InChI is InChI=1S/C22H29N3O5/c1-2-29-22(28)17-6-11-21(23-14-17)25(12-4-3-5-13-25)24-15-19(27)16-30-20-9-7-18(26)8-10-20/h6-11,14,19,24,27H,2-5,12-13,15-16H2,1H3/p+1/t19-/m0/s1. The van der Waals surface area contributed by atoms with Gasteiger partial charge >= 0.3 is 5.97 Å². The summed E-state index contributed by atoms with van der Waals surface area (Å²) in [5.74, 6) is 1.19. The Balaban J connectivity index is 1.62. The third-order valence-electron chi connectivity index (χ3n) is 5.19. The molecule has 1 atom stereocenters. The van der Waals surface area contributed by atoms with Gasteiger partial charge in [0.2, 0.25) is 5.82 Å². The van der Waals surface area contributed by atoms with Gasteiger partial charge in [0.1, 0.15) is 37.3 Å². The molecule has 162 valence electrons. The zero-order valence-corrected chi connectivity index (χ0v) is 17.3. The molecule has 1 aliphatic rings. The highest BCUT2D eigenvalue weighted by atomic mass is 16.5. The van der Waals surface area contributed by atoms with E-state index in [0.717, 1.165) is 38.2 Å². The number of esters is 1. The summed E-state index contributed by atoms with van der Waals surface area (Å²) in [6.45, 7) is 4.28. The van der Waals surface area contributed by atoms with Gasteiger partial charge in [0.25, 0.3) is 0 Å². The Morgan fingerprint density at radius 3 is 2.53 bits per heavy atom. The van der Waals surface area contributed by atoms with Crippen LogP contribution in [-0.4, -0.2) is 60.1 Å². The normalized spacial score (nSPS) is 16.6. The van der Waals surface area contributed by atoms with Crippen LogP contribution in [0.5, 0.6) is 11.5 Å². The number of phenolic OH excluding ortho intramolecular Hbond substituents is 1. The van der Waals surface area contributed by atoms with E-state index < -0.39 is 6.10 Å². The summed E-state index contributed by atoms with van der Waals surface area (Å²) in [7, 11) is 0. The number of benzene rings is 1. The summed E-state index contributed by atoms with van der Waals surface area (Å²) in [5, 5.41) is 19.7. The highest BCUT2D eigenvalue weighted by Gasteiger charge is 2.35. The van der Waals surface area contributed by atoms with Crippen LogP contribution in [0.25, 0.3) is 0 Å². The number of rotatable bonds is 9. The molecule has 1 fully saturated rings. The predicted molar refractivity (Wildman–Crippen MR) is 113 cm³/mol. The fourth-order valence-electron chi connectivity index (χ4n) is 3.57. The molecule has 8 heteroatoms. The maximum absolute atomic E-state index is 11.9. The number of quaternary nitrogens is 1. The van der Waals surface area contributed by atoms with Crippen LogP contribution in [0.1, 0.15) is 36.5 Å². The Morgan fingerprint density at radius 2 is 1.90 bits per heavy atom. The Labute approximate surface area is 176 Å². The van der Waals surface area contributed by atoms with Gasteiger partial charge in [-0.1, -0.05) is 0 Å². The van der Waals surface area contributed by atoms with Gasteiger partial charge < -0.3 is 19.7 Å². The number of phenols is 1. The van der Waals surface area contributed by atoms with E-state index in [1.165, 1.54) is 0 Å². The first-order chi connectivity index (χ1) is 14.5. The lowest BCUT2D eigenvalue weighted by Crippen LogP contribution is -2.64. The average Bonchev–Trinajstić information content (AvgIpc) is 2.78. The Hall–Kier alpha value is -2.68. The van der Waals surface area contributed by atoms with Crippen molar-refractivity contribution in [2.24, 2.45) is 0 Å². The molecule has 0 aliphatic carbocycles. The molecular formula is C22H30N3O5+. The van der Waals surface area contributed by atoms with Crippen molar-refractivity contribution in [1.29, 1.82) is 0 Å². The van der Waals surface area contributed by atoms with Crippen LogP contribution in [0, 0.1) is 0 Å². The molecule has 1 saturated heterocycles. The van der Waals surface area contributed by atoms with Crippen LogP contribution in [0.4, 0.5) is 5.82 Å². The van der Waals surface area contributed by atoms with Crippen LogP contribution in [0.3, 0.4) is 0 Å². The summed E-state index contributed by atoms with van der Waals surface area (Å²) in [6.07, 6.45) is 4.10. The van der Waals surface area contributed by atoms with Crippen molar-refractivity contribution in [2.75, 3.05) is 32.8 Å². The molecule has 0 amide bonds. The number of ether oxygens (including phenoxy) is 2. The van der Waals surface area contributed by atoms with Crippen LogP contribution in [0.2, 0.25) is 0 Å². The minimum atomic E-state index is -0.713. The van der Waals surface area contributed by atoms with Gasteiger partial charge in [0.05, 0.1) is 18.7 Å². The molecule has 8 nitrogen and oxygen atoms in total. The molecule has 3 N–H and O–H groups in total. The summed E-state index contributed by atoms with van der Waals surface area (Å²) < 4.78 is 11.1. The largest absolute Gasteiger partial charge is 0.508 e. The molecule has 1 aromatic heterocycles. The summed E-state index contributed by atoms with van der Waals surface area (Å²) in [5.41, 5.74) is 3.89. The topological polar surface area (TPSA) is 101 Å². The van der Waals surface area contributed by atoms with Crippen molar-refractivity contribution in [3.05, 3.63) is 48.2 Å². The number of aliphatic hydroxyl groups is 1. The van der Waals surface area contributed by atoms with E-state index in [1.54, 1.807) is 43.5 Å². The second-order valence-corrected chi connectivity index (χ2v) is 7.42. The van der Waals surface area contributed by atoms with E-state index in [0.29, 0.717) is 29.1 Å². The van der Waals surface area contributed by atoms with Gasteiger partial charge in [0, 0.05) is 12.3 Å².